The smallest absolute Gasteiger partial charge is 0.262 e. The number of carbonyl (C=O) groups excluding carboxylic acids is 2. The lowest BCUT2D eigenvalue weighted by molar-refractivity contribution is -0.142. The van der Waals surface area contributed by atoms with Gasteiger partial charge in [0.15, 0.2) is 0 Å². The summed E-state index contributed by atoms with van der Waals surface area (Å²) in [5.74, 6) is 0.588. The number of ether oxygens (including phenoxy) is 2. The van der Waals surface area contributed by atoms with Gasteiger partial charge in [-0.05, 0) is 30.4 Å². The van der Waals surface area contributed by atoms with Gasteiger partial charge in [0.05, 0.1) is 30.3 Å². The van der Waals surface area contributed by atoms with Gasteiger partial charge in [-0.3, -0.25) is 9.59 Å². The van der Waals surface area contributed by atoms with E-state index in [1.165, 1.54) is 5.01 Å². The van der Waals surface area contributed by atoms with Crippen molar-refractivity contribution in [2.45, 2.75) is 25.3 Å². The fraction of sp³-hybridized carbons (Fsp3) is 0.435. The predicted octanol–water partition coefficient (Wildman–Crippen LogP) is 3.32. The van der Waals surface area contributed by atoms with Gasteiger partial charge in [-0.2, -0.15) is 5.10 Å². The molecule has 1 unspecified atom stereocenters. The van der Waals surface area contributed by atoms with Crippen molar-refractivity contribution in [1.29, 1.82) is 0 Å². The van der Waals surface area contributed by atoms with Crippen LogP contribution in [0, 0.1) is 5.92 Å². The van der Waals surface area contributed by atoms with Crippen LogP contribution in [-0.4, -0.2) is 61.4 Å². The number of thiophene rings is 1. The van der Waals surface area contributed by atoms with E-state index in [-0.39, 0.29) is 30.3 Å². The van der Waals surface area contributed by atoms with Gasteiger partial charge in [-0.25, -0.2) is 5.01 Å². The highest BCUT2D eigenvalue weighted by atomic mass is 32.1. The highest BCUT2D eigenvalue weighted by Crippen LogP contribution is 2.38. The van der Waals surface area contributed by atoms with E-state index in [9.17, 15) is 9.59 Å². The molecule has 0 saturated heterocycles. The van der Waals surface area contributed by atoms with E-state index in [1.54, 1.807) is 30.5 Å². The minimum atomic E-state index is -0.277. The lowest BCUT2D eigenvalue weighted by Gasteiger charge is -2.27. The summed E-state index contributed by atoms with van der Waals surface area (Å²) in [6, 6.07) is 11.4. The molecule has 1 fully saturated rings. The van der Waals surface area contributed by atoms with Crippen LogP contribution in [0.4, 0.5) is 0 Å². The van der Waals surface area contributed by atoms with E-state index in [4.69, 9.17) is 14.6 Å². The summed E-state index contributed by atoms with van der Waals surface area (Å²) < 4.78 is 10.7. The van der Waals surface area contributed by atoms with Gasteiger partial charge >= 0.3 is 0 Å². The Labute approximate surface area is 186 Å². The third kappa shape index (κ3) is 4.80. The number of hydrogen-bond acceptors (Lipinski definition) is 6. The molecule has 0 spiro atoms. The topological polar surface area (TPSA) is 71.4 Å². The number of para-hydroxylation sites is 1. The molecule has 0 N–H and O–H groups in total. The molecule has 0 bridgehead atoms. The van der Waals surface area contributed by atoms with Crippen LogP contribution >= 0.6 is 11.3 Å². The molecule has 2 aromatic rings. The lowest BCUT2D eigenvalue weighted by atomic mass is 10.00. The Hall–Kier alpha value is -2.71. The summed E-state index contributed by atoms with van der Waals surface area (Å²) in [5, 5.41) is 8.24. The number of methoxy groups -OCH3 is 2. The Bertz CT molecular complexity index is 955. The van der Waals surface area contributed by atoms with Gasteiger partial charge in [0, 0.05) is 31.6 Å². The third-order valence-electron chi connectivity index (χ3n) is 5.60. The van der Waals surface area contributed by atoms with Crippen LogP contribution in [0.15, 0.2) is 46.9 Å². The third-order valence-corrected chi connectivity index (χ3v) is 6.52. The molecule has 31 heavy (non-hydrogen) atoms. The summed E-state index contributed by atoms with van der Waals surface area (Å²) in [6.07, 6.45) is 2.39. The minimum absolute atomic E-state index is 0.00837. The fourth-order valence-electron chi connectivity index (χ4n) is 3.81. The molecule has 1 aromatic carbocycles. The molecule has 4 rings (SSSR count). The first kappa shape index (κ1) is 21.5. The summed E-state index contributed by atoms with van der Waals surface area (Å²) in [4.78, 5) is 28.8. The van der Waals surface area contributed by atoms with Crippen molar-refractivity contribution < 1.29 is 19.1 Å². The van der Waals surface area contributed by atoms with E-state index < -0.39 is 0 Å². The van der Waals surface area contributed by atoms with Crippen molar-refractivity contribution in [3.05, 3.63) is 52.2 Å². The molecule has 164 valence electrons. The van der Waals surface area contributed by atoms with Crippen LogP contribution in [-0.2, 0) is 14.3 Å². The second-order valence-corrected chi connectivity index (χ2v) is 8.70. The number of hydrogen-bond donors (Lipinski definition) is 0. The van der Waals surface area contributed by atoms with Gasteiger partial charge in [-0.1, -0.05) is 24.3 Å². The van der Waals surface area contributed by atoms with Crippen molar-refractivity contribution in [1.82, 2.24) is 9.91 Å². The Morgan fingerprint density at radius 2 is 2.00 bits per heavy atom. The average molecular weight is 442 g/mol. The van der Waals surface area contributed by atoms with Gasteiger partial charge in [0.25, 0.3) is 5.91 Å². The van der Waals surface area contributed by atoms with Crippen LogP contribution in [0.5, 0.6) is 5.75 Å². The van der Waals surface area contributed by atoms with Crippen LogP contribution in [0.25, 0.3) is 0 Å². The monoisotopic (exact) mass is 441 g/mol. The van der Waals surface area contributed by atoms with Crippen LogP contribution in [0.3, 0.4) is 0 Å². The molecule has 2 heterocycles. The predicted molar refractivity (Wildman–Crippen MR) is 119 cm³/mol. The number of carbonyl (C=O) groups is 2. The first-order chi connectivity index (χ1) is 15.1. The number of hydrazone groups is 1. The lowest BCUT2D eigenvalue weighted by Crippen LogP contribution is -2.43. The van der Waals surface area contributed by atoms with Crippen molar-refractivity contribution >= 4 is 28.9 Å². The molecule has 7 nitrogen and oxygen atoms in total. The zero-order valence-electron chi connectivity index (χ0n) is 17.8. The number of amides is 2. The Balaban J connectivity index is 1.60. The SMILES string of the molecule is COCCN(CC(=O)N1N=C(c2cccs2)CC1c1ccccc1OC)C(=O)C1CC1. The summed E-state index contributed by atoms with van der Waals surface area (Å²) in [5.41, 5.74) is 1.78. The Morgan fingerprint density at radius 1 is 1.19 bits per heavy atom. The number of nitrogens with zero attached hydrogens (tertiary/aromatic N) is 3. The highest BCUT2D eigenvalue weighted by molar-refractivity contribution is 7.12. The van der Waals surface area contributed by atoms with Crippen molar-refractivity contribution in [2.75, 3.05) is 33.9 Å². The highest BCUT2D eigenvalue weighted by Gasteiger charge is 2.38. The summed E-state index contributed by atoms with van der Waals surface area (Å²) in [7, 11) is 3.22. The maximum Gasteiger partial charge on any atom is 0.262 e. The molecule has 1 aliphatic heterocycles. The molecule has 2 aliphatic rings. The first-order valence-electron chi connectivity index (χ1n) is 10.5. The van der Waals surface area contributed by atoms with Gasteiger partial charge in [0.1, 0.15) is 12.3 Å². The quantitative estimate of drug-likeness (QED) is 0.599. The molecule has 1 aromatic heterocycles. The van der Waals surface area contributed by atoms with Gasteiger partial charge < -0.3 is 14.4 Å². The number of rotatable bonds is 9. The fourth-order valence-corrected chi connectivity index (χ4v) is 4.53. The van der Waals surface area contributed by atoms with Crippen molar-refractivity contribution in [3.8, 4) is 5.75 Å². The Kier molecular flexibility index (Phi) is 6.67. The van der Waals surface area contributed by atoms with E-state index >= 15 is 0 Å². The van der Waals surface area contributed by atoms with E-state index in [1.807, 2.05) is 41.8 Å². The molecular formula is C23H27N3O4S. The molecule has 1 saturated carbocycles. The summed E-state index contributed by atoms with van der Waals surface area (Å²) >= 11 is 1.60. The van der Waals surface area contributed by atoms with E-state index in [0.717, 1.165) is 34.7 Å². The number of benzene rings is 1. The van der Waals surface area contributed by atoms with Gasteiger partial charge in [0.2, 0.25) is 5.91 Å². The average Bonchev–Trinajstić information content (AvgIpc) is 3.31. The largest absolute Gasteiger partial charge is 0.496 e. The molecule has 1 aliphatic carbocycles. The Morgan fingerprint density at radius 3 is 2.68 bits per heavy atom. The second kappa shape index (κ2) is 9.62. The molecule has 8 heteroatoms. The van der Waals surface area contributed by atoms with Crippen molar-refractivity contribution in [3.63, 3.8) is 0 Å². The van der Waals surface area contributed by atoms with Crippen molar-refractivity contribution in [2.24, 2.45) is 11.0 Å². The normalized spacial score (nSPS) is 18.1. The zero-order valence-corrected chi connectivity index (χ0v) is 18.6. The van der Waals surface area contributed by atoms with Crippen LogP contribution in [0.2, 0.25) is 0 Å². The molecular weight excluding hydrogens is 414 g/mol. The molecule has 1 atom stereocenters. The second-order valence-electron chi connectivity index (χ2n) is 7.75. The van der Waals surface area contributed by atoms with Crippen LogP contribution < -0.4 is 4.74 Å². The van der Waals surface area contributed by atoms with Gasteiger partial charge in [-0.15, -0.1) is 11.3 Å². The standard InChI is InChI=1S/C23H27N3O4S/c1-29-12-11-25(23(28)16-9-10-16)15-22(27)26-19(17-6-3-4-7-20(17)30-2)14-18(24-26)21-8-5-13-31-21/h3-8,13,16,19H,9-12,14-15H2,1-2H3. The first-order valence-corrected chi connectivity index (χ1v) is 11.3. The summed E-state index contributed by atoms with van der Waals surface area (Å²) in [6.45, 7) is 0.781. The van der Waals surface area contributed by atoms with E-state index in [2.05, 4.69) is 0 Å². The molecule has 0 radical (unpaired) electrons. The molecule has 2 amide bonds. The minimum Gasteiger partial charge on any atom is -0.496 e. The zero-order chi connectivity index (χ0) is 21.8. The van der Waals surface area contributed by atoms with E-state index in [0.29, 0.717) is 19.6 Å². The maximum atomic E-state index is 13.4. The van der Waals surface area contributed by atoms with Crippen LogP contribution in [0.1, 0.15) is 35.7 Å². The maximum absolute atomic E-state index is 13.4.